The number of aldehydes is 1. The lowest BCUT2D eigenvalue weighted by Gasteiger charge is -2.28. The van der Waals surface area contributed by atoms with Crippen molar-refractivity contribution in [2.45, 2.75) is 79.6 Å². The van der Waals surface area contributed by atoms with Crippen LogP contribution in [0.5, 0.6) is 34.5 Å². The number of Topliss-reactive ketones (excluding diaryl/α,β-unsaturated/α-hetero) is 5. The predicted molar refractivity (Wildman–Crippen MR) is 495 cm³/mol. The molecule has 0 aliphatic heterocycles. The summed E-state index contributed by atoms with van der Waals surface area (Å²) < 4.78 is 20.8. The number of hydrogen-bond donors (Lipinski definition) is 2. The molecule has 0 radical (unpaired) electrons. The number of fused-ring (bicyclic) bond motifs is 3. The normalized spacial score (nSPS) is 19.2. The van der Waals surface area contributed by atoms with Gasteiger partial charge in [-0.3, -0.25) is 47.9 Å². The van der Waals surface area contributed by atoms with Crippen LogP contribution in [-0.4, -0.2) is 103 Å². The zero-order chi connectivity index (χ0) is 87.9. The second-order valence-electron chi connectivity index (χ2n) is 30.8. The molecule has 18 heteroatoms. The molecular formula is C105H104BrO16P. The molecule has 123 heavy (non-hydrogen) atoms. The van der Waals surface area contributed by atoms with Crippen molar-refractivity contribution in [1.82, 2.24) is 0 Å². The average Bonchev–Trinajstić information content (AvgIpc) is 1.45. The molecule has 0 bridgehead atoms. The van der Waals surface area contributed by atoms with E-state index in [-0.39, 0.29) is 101 Å². The lowest BCUT2D eigenvalue weighted by atomic mass is 9.86. The van der Waals surface area contributed by atoms with Crippen LogP contribution in [-0.2, 0) is 33.6 Å². The Morgan fingerprint density at radius 3 is 1.10 bits per heavy atom. The Morgan fingerprint density at radius 1 is 0.390 bits per heavy atom. The third-order valence-electron chi connectivity index (χ3n) is 22.5. The molecular weight excluding hydrogens is 1630 g/mol. The molecule has 4 saturated carbocycles. The fraction of sp³-hybridized carbons (Fsp3) is 0.229. The van der Waals surface area contributed by atoms with Gasteiger partial charge >= 0.3 is 0 Å². The van der Waals surface area contributed by atoms with Gasteiger partial charge in [0.25, 0.3) is 0 Å². The Morgan fingerprint density at radius 2 is 0.724 bits per heavy atom. The number of ketones is 9. The predicted octanol–water partition coefficient (Wildman–Crippen LogP) is 20.0. The van der Waals surface area contributed by atoms with Crippen LogP contribution in [0.4, 0.5) is 0 Å². The van der Waals surface area contributed by atoms with Crippen LogP contribution in [0, 0.1) is 47.3 Å². The third kappa shape index (κ3) is 23.9. The number of phenolic OH excluding ortho intramolecular Hbond substituents is 2. The quantitative estimate of drug-likeness (QED) is 0.0191. The number of allylic oxidation sites excluding steroid dienone is 12. The van der Waals surface area contributed by atoms with Crippen LogP contribution < -0.4 is 34.9 Å². The zero-order valence-corrected chi connectivity index (χ0v) is 72.0. The highest BCUT2D eigenvalue weighted by Crippen LogP contribution is 2.54. The largest absolute Gasteiger partial charge is 0.508 e. The monoisotopic (exact) mass is 1730 g/mol. The molecule has 8 unspecified atom stereocenters. The van der Waals surface area contributed by atoms with Gasteiger partial charge in [-0.2, -0.15) is 0 Å². The van der Waals surface area contributed by atoms with Gasteiger partial charge in [0.05, 0.1) is 32.9 Å². The Hall–Kier alpha value is -12.8. The van der Waals surface area contributed by atoms with Crippen molar-refractivity contribution in [3.8, 4) is 34.5 Å². The van der Waals surface area contributed by atoms with Crippen molar-refractivity contribution in [3.63, 3.8) is 0 Å². The summed E-state index contributed by atoms with van der Waals surface area (Å²) in [5.74, 6) is 6.20. The van der Waals surface area contributed by atoms with E-state index < -0.39 is 12.7 Å². The van der Waals surface area contributed by atoms with E-state index in [4.69, 9.17) is 18.9 Å². The lowest BCUT2D eigenvalue weighted by Crippen LogP contribution is -2.28. The van der Waals surface area contributed by atoms with Gasteiger partial charge in [0.15, 0.2) is 46.8 Å². The summed E-state index contributed by atoms with van der Waals surface area (Å²) >= 11 is 3.44. The van der Waals surface area contributed by atoms with Gasteiger partial charge in [-0.15, -0.1) is 0 Å². The first kappa shape index (κ1) is 94.0. The molecule has 0 heterocycles. The fourth-order valence-corrected chi connectivity index (χ4v) is 21.1. The first-order valence-electron chi connectivity index (χ1n) is 40.0. The summed E-state index contributed by atoms with van der Waals surface area (Å²) in [6.45, 7) is 18.5. The van der Waals surface area contributed by atoms with E-state index >= 15 is 0 Å². The second kappa shape index (κ2) is 44.1. The van der Waals surface area contributed by atoms with Gasteiger partial charge in [0, 0.05) is 46.3 Å². The minimum atomic E-state index is -2.08. The molecule has 9 aromatic rings. The Kier molecular flexibility index (Phi) is 33.7. The standard InChI is InChI=1S/C21H19OP.C16H18O3.C16H16O2.C15H13BrO2.C15H14O2.C12H12O3.C9H8O3.CH4/c1-18(22)17-23(19-11-5-2-6-12-19,20-13-7-3-8-14-20)21-15-9-4-10-16-21;1-10-8-14(11(2)17)15(9-10)16(18)12-4-6-13(19-3)7-5-12;1-10-7-14-13(9-16(17)15(14)8-10)11-3-5-12(18-2)6-4-11;1-8-6-11-12(7-8)15(18)14(16)13(11)9-2-4-10(17)5-3-9;1-9-6-13-12(8-15(17)14(13)7-9)10-2-4-11(16)5-3-10;1-9(13)3-8-12(14)10-4-6-11(15-2)7-5-10;1-12-8-4-2-7(3-5-8)9(11)6-10;/h2-17H,1H3;4-7,14-15H,1,8-9H2,2-3H3;3-6,9,14-15H,1,7-8H2,2H3;2-5,11-12,17H,1,6-7H2;2-5,8,13-14,16H,1,6-7H2;3-8H,1-2H3;2-6H,1H3;1H4/b;;;;;8-3+;;. The third-order valence-corrected chi connectivity index (χ3v) is 27.4. The summed E-state index contributed by atoms with van der Waals surface area (Å²) in [5.41, 5.74) is 12.6. The maximum atomic E-state index is 12.5. The number of aromatic hydroxyl groups is 2. The first-order valence-corrected chi connectivity index (χ1v) is 42.7. The van der Waals surface area contributed by atoms with Gasteiger partial charge in [-0.1, -0.05) is 183 Å². The van der Waals surface area contributed by atoms with E-state index in [1.165, 1.54) is 58.8 Å². The zero-order valence-electron chi connectivity index (χ0n) is 69.5. The SMILES string of the molecule is C.C=C1CC(C(C)=O)C(C(=O)c2ccc(OC)cc2)C1.C=C1CC2C(=O)C(Br)=C(c3ccc(O)cc3)C2C1.C=C1CC2C(=O)C=C(c3ccc(O)cc3)C2C1.C=C1CC2C(=O)C=C(c3ccc(OC)cc3)C2C1.CC(=O)C=P(c1ccccc1)(c1ccccc1)c1ccccc1.COc1ccc(C(=O)/C=C/C(C)=O)cc1.COc1ccc(C(=O)C=O)cc1. The molecule has 16 rings (SSSR count). The highest BCUT2D eigenvalue weighted by Gasteiger charge is 2.46. The number of phenols is 2. The van der Waals surface area contributed by atoms with E-state index in [0.29, 0.717) is 63.6 Å². The molecule has 632 valence electrons. The molecule has 0 saturated heterocycles. The van der Waals surface area contributed by atoms with E-state index in [1.807, 2.05) is 115 Å². The molecule has 8 atom stereocenters. The van der Waals surface area contributed by atoms with Crippen molar-refractivity contribution >= 4 is 120 Å². The summed E-state index contributed by atoms with van der Waals surface area (Å²) in [6.07, 6.45) is 12.9. The highest BCUT2D eigenvalue weighted by molar-refractivity contribution is 9.12. The van der Waals surface area contributed by atoms with Crippen molar-refractivity contribution < 1.29 is 77.1 Å². The molecule has 2 N–H and O–H groups in total. The van der Waals surface area contributed by atoms with Gasteiger partial charge < -0.3 is 29.2 Å². The highest BCUT2D eigenvalue weighted by atomic mass is 79.9. The molecule has 0 amide bonds. The number of rotatable bonds is 19. The van der Waals surface area contributed by atoms with E-state index in [0.717, 1.165) is 89.0 Å². The van der Waals surface area contributed by atoms with E-state index in [2.05, 4.69) is 78.6 Å². The fourth-order valence-electron chi connectivity index (χ4n) is 16.5. The lowest BCUT2D eigenvalue weighted by molar-refractivity contribution is -0.121. The summed E-state index contributed by atoms with van der Waals surface area (Å²) in [4.78, 5) is 115. The number of methoxy groups -OCH3 is 4. The Bertz CT molecular complexity index is 5480. The van der Waals surface area contributed by atoms with Gasteiger partial charge in [0.1, 0.15) is 40.3 Å². The Balaban J connectivity index is 0.000000164. The van der Waals surface area contributed by atoms with Gasteiger partial charge in [-0.05, 0) is 301 Å². The number of carbonyl (C=O) groups is 10. The van der Waals surface area contributed by atoms with Crippen molar-refractivity contribution in [2.24, 2.45) is 47.3 Å². The summed E-state index contributed by atoms with van der Waals surface area (Å²) in [6, 6.07) is 73.3. The number of hydrogen-bond acceptors (Lipinski definition) is 16. The van der Waals surface area contributed by atoms with Crippen molar-refractivity contribution in [1.29, 1.82) is 0 Å². The maximum Gasteiger partial charge on any atom is 0.225 e. The van der Waals surface area contributed by atoms with Crippen molar-refractivity contribution in [3.05, 3.63) is 347 Å². The smallest absolute Gasteiger partial charge is 0.225 e. The van der Waals surface area contributed by atoms with Crippen molar-refractivity contribution in [2.75, 3.05) is 28.4 Å². The maximum absolute atomic E-state index is 12.5. The topological polar surface area (TPSA) is 248 Å². The number of halogens is 1. The van der Waals surface area contributed by atoms with Crippen LogP contribution in [0.25, 0.3) is 16.7 Å². The van der Waals surface area contributed by atoms with Crippen LogP contribution in [0.15, 0.2) is 314 Å². The molecule has 9 aromatic carbocycles. The van der Waals surface area contributed by atoms with Gasteiger partial charge in [-0.25, -0.2) is 0 Å². The Labute approximate surface area is 729 Å². The van der Waals surface area contributed by atoms with Crippen LogP contribution >= 0.6 is 22.8 Å². The van der Waals surface area contributed by atoms with E-state index in [1.54, 1.807) is 138 Å². The number of benzene rings is 9. The first-order chi connectivity index (χ1) is 58.6. The van der Waals surface area contributed by atoms with E-state index in [9.17, 15) is 58.2 Å². The second-order valence-corrected chi connectivity index (χ2v) is 34.9. The molecule has 4 fully saturated rings. The molecule has 16 nitrogen and oxygen atoms in total. The molecule has 0 spiro atoms. The van der Waals surface area contributed by atoms with Crippen LogP contribution in [0.1, 0.15) is 127 Å². The molecule has 7 aliphatic rings. The minimum Gasteiger partial charge on any atom is -0.508 e. The van der Waals surface area contributed by atoms with Gasteiger partial charge in [0.2, 0.25) is 5.78 Å². The average molecular weight is 1730 g/mol. The van der Waals surface area contributed by atoms with Crippen LogP contribution in [0.2, 0.25) is 0 Å². The summed E-state index contributed by atoms with van der Waals surface area (Å²) in [5, 5.41) is 22.2. The number of carbonyl (C=O) groups excluding carboxylic acids is 10. The minimum absolute atomic E-state index is 0. The summed E-state index contributed by atoms with van der Waals surface area (Å²) in [7, 11) is 6.34. The number of ether oxygens (including phenoxy) is 4. The molecule has 0 aromatic heterocycles. The van der Waals surface area contributed by atoms with Crippen LogP contribution in [0.3, 0.4) is 0 Å². The molecule has 7 aliphatic carbocycles.